The molecule has 0 aliphatic rings. The van der Waals surface area contributed by atoms with Crippen LogP contribution in [0.15, 0.2) is 35.1 Å². The van der Waals surface area contributed by atoms with Crippen LogP contribution in [0.5, 0.6) is 0 Å². The molecule has 25 heavy (non-hydrogen) atoms. The number of nitrogens with zero attached hydrogens (tertiary/aromatic N) is 2. The summed E-state index contributed by atoms with van der Waals surface area (Å²) in [4.78, 5) is 35.7. The van der Waals surface area contributed by atoms with Crippen molar-refractivity contribution < 1.29 is 9.53 Å². The fourth-order valence-corrected chi connectivity index (χ4v) is 2.97. The van der Waals surface area contributed by atoms with E-state index in [-0.39, 0.29) is 22.1 Å². The summed E-state index contributed by atoms with van der Waals surface area (Å²) in [6, 6.07) is 8.72. The number of aryl methyl sites for hydroxylation is 2. The van der Waals surface area contributed by atoms with E-state index >= 15 is 0 Å². The lowest BCUT2D eigenvalue weighted by atomic mass is 10.1. The van der Waals surface area contributed by atoms with Crippen LogP contribution in [-0.4, -0.2) is 20.9 Å². The number of pyridine rings is 1. The van der Waals surface area contributed by atoms with E-state index in [1.807, 2.05) is 0 Å². The standard InChI is InChI=1S/C18H16ClN3O3/c1-9-8-10(2)20-15(19)14(9)18(24)25-11(3)16-21-13-7-5-4-6-12(13)17(23)22-16/h4-8,11H,1-3H3,(H,21,22,23)/t11-/m0/s1. The highest BCUT2D eigenvalue weighted by atomic mass is 35.5. The molecule has 2 aromatic heterocycles. The van der Waals surface area contributed by atoms with Gasteiger partial charge in [-0.15, -0.1) is 0 Å². The van der Waals surface area contributed by atoms with Crippen molar-refractivity contribution in [3.8, 4) is 0 Å². The SMILES string of the molecule is Cc1cc(C)c(C(=O)O[C@@H](C)c2nc3ccccc3c(=O)[nH]2)c(Cl)n1. The van der Waals surface area contributed by atoms with E-state index in [2.05, 4.69) is 15.0 Å². The zero-order valence-corrected chi connectivity index (χ0v) is 14.7. The lowest BCUT2D eigenvalue weighted by Crippen LogP contribution is -2.18. The maximum absolute atomic E-state index is 12.5. The normalized spacial score (nSPS) is 12.2. The fraction of sp³-hybridized carbons (Fsp3) is 0.222. The number of aromatic amines is 1. The van der Waals surface area contributed by atoms with Crippen LogP contribution in [0.3, 0.4) is 0 Å². The van der Waals surface area contributed by atoms with Gasteiger partial charge in [0.2, 0.25) is 0 Å². The molecule has 128 valence electrons. The third kappa shape index (κ3) is 3.39. The largest absolute Gasteiger partial charge is 0.451 e. The summed E-state index contributed by atoms with van der Waals surface area (Å²) in [5.41, 5.74) is 1.86. The highest BCUT2D eigenvalue weighted by molar-refractivity contribution is 6.32. The minimum atomic E-state index is -0.749. The molecule has 3 rings (SSSR count). The molecule has 1 aromatic carbocycles. The number of halogens is 1. The Balaban J connectivity index is 1.91. The number of aromatic nitrogens is 3. The molecule has 0 bridgehead atoms. The van der Waals surface area contributed by atoms with Gasteiger partial charge < -0.3 is 9.72 Å². The molecule has 0 saturated heterocycles. The molecule has 0 radical (unpaired) electrons. The van der Waals surface area contributed by atoms with Gasteiger partial charge in [0.15, 0.2) is 11.9 Å². The van der Waals surface area contributed by atoms with Crippen molar-refractivity contribution in [3.63, 3.8) is 0 Å². The van der Waals surface area contributed by atoms with Crippen molar-refractivity contribution in [1.82, 2.24) is 15.0 Å². The zero-order chi connectivity index (χ0) is 18.1. The number of rotatable bonds is 3. The zero-order valence-electron chi connectivity index (χ0n) is 14.0. The maximum atomic E-state index is 12.5. The summed E-state index contributed by atoms with van der Waals surface area (Å²) in [5.74, 6) is -0.343. The third-order valence-corrected chi connectivity index (χ3v) is 4.08. The molecular formula is C18H16ClN3O3. The van der Waals surface area contributed by atoms with E-state index in [0.717, 1.165) is 0 Å². The Bertz CT molecular complexity index is 1010. The Hall–Kier alpha value is -2.73. The molecule has 6 nitrogen and oxygen atoms in total. The molecule has 1 N–H and O–H groups in total. The highest BCUT2D eigenvalue weighted by Crippen LogP contribution is 2.23. The Morgan fingerprint density at radius 2 is 1.96 bits per heavy atom. The first-order chi connectivity index (χ1) is 11.9. The van der Waals surface area contributed by atoms with Gasteiger partial charge in [0, 0.05) is 5.69 Å². The second kappa shape index (κ2) is 6.64. The van der Waals surface area contributed by atoms with Crippen molar-refractivity contribution in [2.75, 3.05) is 0 Å². The Morgan fingerprint density at radius 1 is 1.24 bits per heavy atom. The van der Waals surface area contributed by atoms with E-state index in [9.17, 15) is 9.59 Å². The quantitative estimate of drug-likeness (QED) is 0.572. The van der Waals surface area contributed by atoms with E-state index in [1.165, 1.54) is 0 Å². The number of hydrogen-bond acceptors (Lipinski definition) is 5. The van der Waals surface area contributed by atoms with E-state index in [0.29, 0.717) is 22.2 Å². The molecular weight excluding hydrogens is 342 g/mol. The summed E-state index contributed by atoms with van der Waals surface area (Å²) in [7, 11) is 0. The molecule has 0 aliphatic carbocycles. The summed E-state index contributed by atoms with van der Waals surface area (Å²) >= 11 is 6.08. The van der Waals surface area contributed by atoms with Crippen LogP contribution in [0, 0.1) is 13.8 Å². The minimum Gasteiger partial charge on any atom is -0.451 e. The summed E-state index contributed by atoms with van der Waals surface area (Å²) < 4.78 is 5.43. The molecule has 2 heterocycles. The molecule has 0 fully saturated rings. The van der Waals surface area contributed by atoms with Gasteiger partial charge in [-0.25, -0.2) is 14.8 Å². The molecule has 0 unspecified atom stereocenters. The number of nitrogens with one attached hydrogen (secondary N) is 1. The topological polar surface area (TPSA) is 84.9 Å². The first-order valence-corrected chi connectivity index (χ1v) is 8.08. The molecule has 0 aliphatic heterocycles. The smallest absolute Gasteiger partial charge is 0.342 e. The Kier molecular flexibility index (Phi) is 4.55. The van der Waals surface area contributed by atoms with E-state index in [4.69, 9.17) is 16.3 Å². The van der Waals surface area contributed by atoms with E-state index in [1.54, 1.807) is 51.1 Å². The lowest BCUT2D eigenvalue weighted by molar-refractivity contribution is 0.0319. The average Bonchev–Trinajstić information content (AvgIpc) is 2.53. The maximum Gasteiger partial charge on any atom is 0.342 e. The molecule has 0 amide bonds. The first kappa shape index (κ1) is 17.1. The minimum absolute atomic E-state index is 0.0923. The number of carbonyl (C=O) groups excluding carboxylic acids is 1. The average molecular weight is 358 g/mol. The highest BCUT2D eigenvalue weighted by Gasteiger charge is 2.21. The predicted molar refractivity (Wildman–Crippen MR) is 94.9 cm³/mol. The second-order valence-electron chi connectivity index (χ2n) is 5.76. The van der Waals surface area contributed by atoms with Crippen molar-refractivity contribution in [3.05, 3.63) is 68.5 Å². The number of fused-ring (bicyclic) bond motifs is 1. The summed E-state index contributed by atoms with van der Waals surface area (Å²) in [5, 5.41) is 0.570. The summed E-state index contributed by atoms with van der Waals surface area (Å²) in [6.45, 7) is 5.19. The van der Waals surface area contributed by atoms with Crippen LogP contribution >= 0.6 is 11.6 Å². The van der Waals surface area contributed by atoms with Crippen LogP contribution in [0.25, 0.3) is 10.9 Å². The number of H-pyrrole nitrogens is 1. The molecule has 0 saturated carbocycles. The second-order valence-corrected chi connectivity index (χ2v) is 6.12. The van der Waals surface area contributed by atoms with Gasteiger partial charge >= 0.3 is 5.97 Å². The molecule has 1 atom stereocenters. The van der Waals surface area contributed by atoms with Crippen LogP contribution in [0.4, 0.5) is 0 Å². The predicted octanol–water partition coefficient (Wildman–Crippen LogP) is 3.51. The Labute approximate surface area is 148 Å². The fourth-order valence-electron chi connectivity index (χ4n) is 2.61. The number of hydrogen-bond donors (Lipinski definition) is 1. The van der Waals surface area contributed by atoms with Gasteiger partial charge in [-0.1, -0.05) is 23.7 Å². The van der Waals surface area contributed by atoms with Crippen molar-refractivity contribution >= 4 is 28.5 Å². The van der Waals surface area contributed by atoms with Gasteiger partial charge in [0.1, 0.15) is 5.15 Å². The number of para-hydroxylation sites is 1. The number of carbonyl (C=O) groups is 1. The van der Waals surface area contributed by atoms with Crippen LogP contribution in [0.2, 0.25) is 5.15 Å². The lowest BCUT2D eigenvalue weighted by Gasteiger charge is -2.15. The third-order valence-electron chi connectivity index (χ3n) is 3.80. The van der Waals surface area contributed by atoms with Gasteiger partial charge in [0.25, 0.3) is 5.56 Å². The molecule has 7 heteroatoms. The summed E-state index contributed by atoms with van der Waals surface area (Å²) in [6.07, 6.45) is -0.749. The van der Waals surface area contributed by atoms with E-state index < -0.39 is 12.1 Å². The van der Waals surface area contributed by atoms with Gasteiger partial charge in [0.05, 0.1) is 16.5 Å². The number of ether oxygens (including phenoxy) is 1. The first-order valence-electron chi connectivity index (χ1n) is 7.70. The Morgan fingerprint density at radius 3 is 2.68 bits per heavy atom. The van der Waals surface area contributed by atoms with Crippen LogP contribution in [0.1, 0.15) is 40.5 Å². The van der Waals surface area contributed by atoms with Gasteiger partial charge in [-0.3, -0.25) is 4.79 Å². The van der Waals surface area contributed by atoms with Crippen LogP contribution in [-0.2, 0) is 4.74 Å². The van der Waals surface area contributed by atoms with Gasteiger partial charge in [-0.05, 0) is 44.5 Å². The number of benzene rings is 1. The van der Waals surface area contributed by atoms with Crippen LogP contribution < -0.4 is 5.56 Å². The molecule has 0 spiro atoms. The van der Waals surface area contributed by atoms with Crippen molar-refractivity contribution in [1.29, 1.82) is 0 Å². The van der Waals surface area contributed by atoms with Gasteiger partial charge in [-0.2, -0.15) is 0 Å². The monoisotopic (exact) mass is 357 g/mol. The van der Waals surface area contributed by atoms with Crippen molar-refractivity contribution in [2.45, 2.75) is 26.9 Å². The van der Waals surface area contributed by atoms with Crippen molar-refractivity contribution in [2.24, 2.45) is 0 Å². The number of esters is 1. The molecule has 3 aromatic rings.